The number of likely N-dealkylation sites (tertiary alicyclic amines) is 1. The molecule has 118 valence electrons. The molecule has 0 aliphatic carbocycles. The molecule has 2 heterocycles. The van der Waals surface area contributed by atoms with Crippen LogP contribution in [0, 0.1) is 5.41 Å². The standard InChI is InChI=1S/C14H24ClN5O/c1-4-10-12(15)11(19(3)17-10)9-20-7-5-14(2,6-8-20)13(16)18-21/h21H,4-9H2,1-3H3,(H2,16,18). The minimum atomic E-state index is -0.212. The molecule has 1 aromatic rings. The van der Waals surface area contributed by atoms with Gasteiger partial charge in [0.1, 0.15) is 5.84 Å². The van der Waals surface area contributed by atoms with Crippen molar-refractivity contribution in [3.8, 4) is 0 Å². The van der Waals surface area contributed by atoms with E-state index in [1.54, 1.807) is 0 Å². The predicted molar refractivity (Wildman–Crippen MR) is 83.6 cm³/mol. The fraction of sp³-hybridized carbons (Fsp3) is 0.714. The number of amidine groups is 1. The Kier molecular flexibility index (Phi) is 4.78. The van der Waals surface area contributed by atoms with Gasteiger partial charge in [-0.2, -0.15) is 5.10 Å². The van der Waals surface area contributed by atoms with E-state index in [0.717, 1.165) is 55.3 Å². The van der Waals surface area contributed by atoms with E-state index in [1.807, 2.05) is 18.7 Å². The molecule has 0 unspecified atom stereocenters. The van der Waals surface area contributed by atoms with E-state index in [1.165, 1.54) is 0 Å². The molecule has 0 spiro atoms. The van der Waals surface area contributed by atoms with Crippen LogP contribution >= 0.6 is 11.6 Å². The predicted octanol–water partition coefficient (Wildman–Crippen LogP) is 1.98. The molecule has 1 saturated heterocycles. The van der Waals surface area contributed by atoms with Crippen molar-refractivity contribution in [1.29, 1.82) is 0 Å². The van der Waals surface area contributed by atoms with Crippen molar-refractivity contribution < 1.29 is 5.21 Å². The van der Waals surface area contributed by atoms with Crippen LogP contribution in [0.25, 0.3) is 0 Å². The second kappa shape index (κ2) is 6.23. The van der Waals surface area contributed by atoms with Gasteiger partial charge >= 0.3 is 0 Å². The summed E-state index contributed by atoms with van der Waals surface area (Å²) in [6.07, 6.45) is 2.59. The largest absolute Gasteiger partial charge is 0.409 e. The first-order valence-electron chi connectivity index (χ1n) is 7.32. The van der Waals surface area contributed by atoms with Gasteiger partial charge in [-0.3, -0.25) is 9.58 Å². The molecule has 21 heavy (non-hydrogen) atoms. The van der Waals surface area contributed by atoms with Gasteiger partial charge in [-0.1, -0.05) is 30.6 Å². The van der Waals surface area contributed by atoms with Crippen molar-refractivity contribution in [3.05, 3.63) is 16.4 Å². The maximum atomic E-state index is 8.88. The van der Waals surface area contributed by atoms with Crippen LogP contribution in [0.3, 0.4) is 0 Å². The van der Waals surface area contributed by atoms with E-state index in [0.29, 0.717) is 5.84 Å². The van der Waals surface area contributed by atoms with Crippen molar-refractivity contribution in [2.45, 2.75) is 39.7 Å². The Balaban J connectivity index is 2.03. The number of aromatic nitrogens is 2. The van der Waals surface area contributed by atoms with Crippen LogP contribution in [-0.4, -0.2) is 38.8 Å². The van der Waals surface area contributed by atoms with Gasteiger partial charge in [0.15, 0.2) is 0 Å². The van der Waals surface area contributed by atoms with Gasteiger partial charge in [0.2, 0.25) is 0 Å². The highest BCUT2D eigenvalue weighted by molar-refractivity contribution is 6.31. The summed E-state index contributed by atoms with van der Waals surface area (Å²) >= 11 is 6.40. The van der Waals surface area contributed by atoms with E-state index >= 15 is 0 Å². The summed E-state index contributed by atoms with van der Waals surface area (Å²) in [4.78, 5) is 2.34. The number of oxime groups is 1. The van der Waals surface area contributed by atoms with Crippen LogP contribution < -0.4 is 5.73 Å². The molecular formula is C14H24ClN5O. The van der Waals surface area contributed by atoms with Gasteiger partial charge in [-0.25, -0.2) is 0 Å². The number of aryl methyl sites for hydroxylation is 2. The minimum Gasteiger partial charge on any atom is -0.409 e. The molecule has 0 aromatic carbocycles. The van der Waals surface area contributed by atoms with Crippen LogP contribution in [0.4, 0.5) is 0 Å². The highest BCUT2D eigenvalue weighted by atomic mass is 35.5. The Morgan fingerprint density at radius 3 is 2.57 bits per heavy atom. The Morgan fingerprint density at radius 2 is 2.10 bits per heavy atom. The summed E-state index contributed by atoms with van der Waals surface area (Å²) in [5, 5.41) is 17.3. The minimum absolute atomic E-state index is 0.212. The van der Waals surface area contributed by atoms with Gasteiger partial charge in [0.05, 0.1) is 16.4 Å². The molecule has 0 radical (unpaired) electrons. The van der Waals surface area contributed by atoms with Crippen molar-refractivity contribution >= 4 is 17.4 Å². The van der Waals surface area contributed by atoms with Crippen LogP contribution in [0.2, 0.25) is 5.02 Å². The van der Waals surface area contributed by atoms with Crippen LogP contribution in [0.15, 0.2) is 5.16 Å². The number of nitrogens with zero attached hydrogens (tertiary/aromatic N) is 4. The molecule has 1 aliphatic heterocycles. The molecule has 0 amide bonds. The third-order valence-corrected chi connectivity index (χ3v) is 5.00. The molecule has 1 aromatic heterocycles. The van der Waals surface area contributed by atoms with Gasteiger partial charge in [-0.15, -0.1) is 0 Å². The van der Waals surface area contributed by atoms with E-state index in [4.69, 9.17) is 22.5 Å². The summed E-state index contributed by atoms with van der Waals surface area (Å²) in [5.41, 5.74) is 7.59. The first kappa shape index (κ1) is 16.1. The zero-order valence-electron chi connectivity index (χ0n) is 12.9. The number of hydrogen-bond donors (Lipinski definition) is 2. The Bertz CT molecular complexity index is 532. The zero-order chi connectivity index (χ0) is 15.6. The van der Waals surface area contributed by atoms with Crippen molar-refractivity contribution in [3.63, 3.8) is 0 Å². The van der Waals surface area contributed by atoms with E-state index in [9.17, 15) is 0 Å². The molecule has 7 heteroatoms. The summed E-state index contributed by atoms with van der Waals surface area (Å²) in [6.45, 7) is 6.69. The number of rotatable bonds is 4. The summed E-state index contributed by atoms with van der Waals surface area (Å²) in [6, 6.07) is 0. The lowest BCUT2D eigenvalue weighted by Gasteiger charge is -2.38. The first-order chi connectivity index (χ1) is 9.91. The molecule has 0 bridgehead atoms. The average Bonchev–Trinajstić information content (AvgIpc) is 2.76. The summed E-state index contributed by atoms with van der Waals surface area (Å²) in [5.74, 6) is 0.328. The van der Waals surface area contributed by atoms with Crippen molar-refractivity contribution in [2.75, 3.05) is 13.1 Å². The number of halogens is 1. The Labute approximate surface area is 130 Å². The highest BCUT2D eigenvalue weighted by Crippen LogP contribution is 2.32. The molecule has 2 rings (SSSR count). The zero-order valence-corrected chi connectivity index (χ0v) is 13.7. The lowest BCUT2D eigenvalue weighted by Crippen LogP contribution is -2.45. The SMILES string of the molecule is CCc1nn(C)c(CN2CCC(C)(C(N)=NO)CC2)c1Cl. The second-order valence-electron chi connectivity index (χ2n) is 6.01. The lowest BCUT2D eigenvalue weighted by molar-refractivity contribution is 0.150. The molecule has 3 N–H and O–H groups in total. The molecule has 1 aliphatic rings. The molecule has 1 fully saturated rings. The average molecular weight is 314 g/mol. The number of nitrogens with two attached hydrogens (primary N) is 1. The van der Waals surface area contributed by atoms with Gasteiger partial charge in [-0.05, 0) is 32.4 Å². The van der Waals surface area contributed by atoms with Gasteiger partial charge in [0.25, 0.3) is 0 Å². The fourth-order valence-corrected chi connectivity index (χ4v) is 3.14. The van der Waals surface area contributed by atoms with Crippen LogP contribution in [0.1, 0.15) is 38.1 Å². The smallest absolute Gasteiger partial charge is 0.145 e. The summed E-state index contributed by atoms with van der Waals surface area (Å²) < 4.78 is 1.87. The third kappa shape index (κ3) is 3.16. The third-order valence-electron chi connectivity index (χ3n) is 4.56. The van der Waals surface area contributed by atoms with Gasteiger partial charge in [0, 0.05) is 19.0 Å². The maximum Gasteiger partial charge on any atom is 0.145 e. The maximum absolute atomic E-state index is 8.88. The number of piperidine rings is 1. The first-order valence-corrected chi connectivity index (χ1v) is 7.69. The molecular weight excluding hydrogens is 290 g/mol. The molecule has 0 atom stereocenters. The fourth-order valence-electron chi connectivity index (χ4n) is 2.78. The molecule has 0 saturated carbocycles. The topological polar surface area (TPSA) is 79.7 Å². The van der Waals surface area contributed by atoms with E-state index < -0.39 is 0 Å². The van der Waals surface area contributed by atoms with E-state index in [2.05, 4.69) is 22.1 Å². The van der Waals surface area contributed by atoms with Crippen molar-refractivity contribution in [1.82, 2.24) is 14.7 Å². The lowest BCUT2D eigenvalue weighted by atomic mass is 9.79. The van der Waals surface area contributed by atoms with Crippen LogP contribution in [0.5, 0.6) is 0 Å². The Morgan fingerprint density at radius 1 is 1.48 bits per heavy atom. The quantitative estimate of drug-likeness (QED) is 0.385. The highest BCUT2D eigenvalue weighted by Gasteiger charge is 2.34. The molecule has 6 nitrogen and oxygen atoms in total. The van der Waals surface area contributed by atoms with Crippen molar-refractivity contribution in [2.24, 2.45) is 23.4 Å². The second-order valence-corrected chi connectivity index (χ2v) is 6.38. The summed E-state index contributed by atoms with van der Waals surface area (Å²) in [7, 11) is 1.94. The number of hydrogen-bond acceptors (Lipinski definition) is 4. The monoisotopic (exact) mass is 313 g/mol. The Hall–Kier alpha value is -1.27. The normalized spacial score (nSPS) is 19.9. The van der Waals surface area contributed by atoms with Gasteiger partial charge < -0.3 is 10.9 Å². The van der Waals surface area contributed by atoms with E-state index in [-0.39, 0.29) is 5.41 Å². The van der Waals surface area contributed by atoms with Crippen LogP contribution in [-0.2, 0) is 20.0 Å².